The third-order valence-corrected chi connectivity index (χ3v) is 2.26. The molecule has 1 N–H and O–H groups in total. The Kier molecular flexibility index (Phi) is 2.84. The van der Waals surface area contributed by atoms with Gasteiger partial charge in [-0.25, -0.2) is 0 Å². The second-order valence-electron chi connectivity index (χ2n) is 3.39. The monoisotopic (exact) mass is 198 g/mol. The molecular formula is C10H14O4. The Morgan fingerprint density at radius 2 is 1.79 bits per heavy atom. The van der Waals surface area contributed by atoms with Gasteiger partial charge in [0.2, 0.25) is 0 Å². The summed E-state index contributed by atoms with van der Waals surface area (Å²) in [5.74, 6) is 0.324. The topological polar surface area (TPSA) is 55.8 Å². The highest BCUT2D eigenvalue weighted by molar-refractivity contribution is 5.79. The molecule has 0 aromatic rings. The summed E-state index contributed by atoms with van der Waals surface area (Å²) in [4.78, 5) is 11.0. The number of methoxy groups -OCH3 is 2. The van der Waals surface area contributed by atoms with Gasteiger partial charge in [-0.3, -0.25) is 4.79 Å². The average Bonchev–Trinajstić information content (AvgIpc) is 2.16. The molecule has 0 amide bonds. The molecule has 1 aliphatic carbocycles. The van der Waals surface area contributed by atoms with Crippen LogP contribution in [0.15, 0.2) is 23.7 Å². The van der Waals surface area contributed by atoms with Crippen LogP contribution in [0, 0.1) is 5.41 Å². The molecule has 4 heteroatoms. The van der Waals surface area contributed by atoms with E-state index in [4.69, 9.17) is 14.6 Å². The van der Waals surface area contributed by atoms with E-state index in [-0.39, 0.29) is 0 Å². The van der Waals surface area contributed by atoms with E-state index < -0.39 is 11.4 Å². The van der Waals surface area contributed by atoms with Crippen molar-refractivity contribution in [2.24, 2.45) is 5.41 Å². The van der Waals surface area contributed by atoms with Crippen LogP contribution in [-0.4, -0.2) is 25.3 Å². The summed E-state index contributed by atoms with van der Waals surface area (Å²) >= 11 is 0. The van der Waals surface area contributed by atoms with Gasteiger partial charge >= 0.3 is 5.97 Å². The van der Waals surface area contributed by atoms with Crippen LogP contribution in [0.25, 0.3) is 0 Å². The fraction of sp³-hybridized carbons (Fsp3) is 0.500. The van der Waals surface area contributed by atoms with Gasteiger partial charge in [-0.1, -0.05) is 0 Å². The average molecular weight is 198 g/mol. The zero-order valence-electron chi connectivity index (χ0n) is 8.53. The summed E-state index contributed by atoms with van der Waals surface area (Å²) in [5.41, 5.74) is -1.03. The van der Waals surface area contributed by atoms with Gasteiger partial charge in [-0.15, -0.1) is 0 Å². The molecule has 0 fully saturated rings. The minimum Gasteiger partial charge on any atom is -0.501 e. The largest absolute Gasteiger partial charge is 0.501 e. The van der Waals surface area contributed by atoms with E-state index >= 15 is 0 Å². The molecule has 1 aliphatic rings. The summed E-state index contributed by atoms with van der Waals surface area (Å²) < 4.78 is 10.1. The first-order chi connectivity index (χ1) is 6.51. The van der Waals surface area contributed by atoms with Crippen LogP contribution in [0.3, 0.4) is 0 Å². The number of hydrogen-bond donors (Lipinski definition) is 1. The second-order valence-corrected chi connectivity index (χ2v) is 3.39. The minimum atomic E-state index is -1.03. The van der Waals surface area contributed by atoms with Crippen molar-refractivity contribution in [3.05, 3.63) is 23.7 Å². The van der Waals surface area contributed by atoms with Gasteiger partial charge < -0.3 is 14.6 Å². The fourth-order valence-corrected chi connectivity index (χ4v) is 1.37. The van der Waals surface area contributed by atoms with Gasteiger partial charge in [0, 0.05) is 0 Å². The Balaban J connectivity index is 3.04. The Morgan fingerprint density at radius 1 is 1.36 bits per heavy atom. The molecular weight excluding hydrogens is 184 g/mol. The molecule has 0 spiro atoms. The maximum absolute atomic E-state index is 11.0. The van der Waals surface area contributed by atoms with E-state index in [2.05, 4.69) is 0 Å². The van der Waals surface area contributed by atoms with Crippen molar-refractivity contribution >= 4 is 5.97 Å². The molecule has 0 atom stereocenters. The van der Waals surface area contributed by atoms with Crippen LogP contribution < -0.4 is 0 Å². The third kappa shape index (κ3) is 1.89. The molecule has 14 heavy (non-hydrogen) atoms. The lowest BCUT2D eigenvalue weighted by molar-refractivity contribution is -0.143. The van der Waals surface area contributed by atoms with Crippen molar-refractivity contribution in [1.29, 1.82) is 0 Å². The van der Waals surface area contributed by atoms with E-state index in [1.807, 2.05) is 0 Å². The van der Waals surface area contributed by atoms with Crippen LogP contribution in [0.5, 0.6) is 0 Å². The number of carboxylic acids is 1. The lowest BCUT2D eigenvalue weighted by Gasteiger charge is -2.24. The Labute approximate surface area is 82.8 Å². The quantitative estimate of drug-likeness (QED) is 0.747. The molecule has 0 saturated carbocycles. The van der Waals surface area contributed by atoms with Crippen molar-refractivity contribution in [2.75, 3.05) is 14.2 Å². The van der Waals surface area contributed by atoms with Gasteiger partial charge in [0.1, 0.15) is 16.9 Å². The van der Waals surface area contributed by atoms with Crippen molar-refractivity contribution in [3.8, 4) is 0 Å². The zero-order valence-corrected chi connectivity index (χ0v) is 8.53. The Morgan fingerprint density at radius 3 is 2.07 bits per heavy atom. The first-order valence-electron chi connectivity index (χ1n) is 4.26. The Hall–Kier alpha value is -1.45. The molecule has 78 valence electrons. The van der Waals surface area contributed by atoms with Crippen LogP contribution in [0.1, 0.15) is 13.3 Å². The third-order valence-electron chi connectivity index (χ3n) is 2.26. The van der Waals surface area contributed by atoms with E-state index in [9.17, 15) is 4.79 Å². The summed E-state index contributed by atoms with van der Waals surface area (Å²) in [6.07, 6.45) is 3.70. The molecule has 0 saturated heterocycles. The summed E-state index contributed by atoms with van der Waals surface area (Å²) in [6.45, 7) is 1.60. The van der Waals surface area contributed by atoms with Crippen LogP contribution >= 0.6 is 0 Å². The highest BCUT2D eigenvalue weighted by atomic mass is 16.5. The van der Waals surface area contributed by atoms with Crippen LogP contribution in [0.4, 0.5) is 0 Å². The lowest BCUT2D eigenvalue weighted by Crippen LogP contribution is -2.26. The number of hydrogen-bond acceptors (Lipinski definition) is 3. The number of aliphatic carboxylic acids is 1. The number of carboxylic acid groups (broad SMARTS) is 1. The van der Waals surface area contributed by atoms with Crippen molar-refractivity contribution in [2.45, 2.75) is 13.3 Å². The molecule has 0 heterocycles. The number of ether oxygens (including phenoxy) is 2. The highest BCUT2D eigenvalue weighted by Gasteiger charge is 2.33. The van der Waals surface area contributed by atoms with E-state index in [0.29, 0.717) is 17.9 Å². The molecule has 0 aromatic carbocycles. The first kappa shape index (κ1) is 10.6. The molecule has 1 rings (SSSR count). The van der Waals surface area contributed by atoms with Gasteiger partial charge in [-0.05, 0) is 19.1 Å². The molecule has 4 nitrogen and oxygen atoms in total. The number of rotatable bonds is 3. The molecule has 0 aromatic heterocycles. The molecule has 0 aliphatic heterocycles. The van der Waals surface area contributed by atoms with E-state index in [1.54, 1.807) is 19.1 Å². The van der Waals surface area contributed by atoms with Crippen molar-refractivity contribution < 1.29 is 19.4 Å². The van der Waals surface area contributed by atoms with Crippen LogP contribution in [0.2, 0.25) is 0 Å². The normalized spacial score (nSPS) is 19.4. The standard InChI is InChI=1S/C10H14O4/c1-10(9(11)12)5-7(13-2)4-8(6-10)14-3/h5-6H,4H2,1-3H3,(H,11,12). The maximum atomic E-state index is 11.0. The van der Waals surface area contributed by atoms with Gasteiger partial charge in [0.25, 0.3) is 0 Å². The maximum Gasteiger partial charge on any atom is 0.317 e. The van der Waals surface area contributed by atoms with E-state index in [0.717, 1.165) is 0 Å². The Bertz CT molecular complexity index is 281. The second kappa shape index (κ2) is 3.74. The molecule has 0 bridgehead atoms. The summed E-state index contributed by atoms with van der Waals surface area (Å²) in [7, 11) is 3.04. The summed E-state index contributed by atoms with van der Waals surface area (Å²) in [5, 5.41) is 9.02. The minimum absolute atomic E-state index is 0.510. The first-order valence-corrected chi connectivity index (χ1v) is 4.26. The number of carbonyl (C=O) groups is 1. The van der Waals surface area contributed by atoms with Crippen molar-refractivity contribution in [1.82, 2.24) is 0 Å². The SMILES string of the molecule is COC1=CC(C)(C(=O)O)C=C(OC)C1. The highest BCUT2D eigenvalue weighted by Crippen LogP contribution is 2.32. The lowest BCUT2D eigenvalue weighted by atomic mass is 9.85. The predicted molar refractivity (Wildman–Crippen MR) is 50.5 cm³/mol. The molecule has 0 radical (unpaired) electrons. The van der Waals surface area contributed by atoms with Gasteiger partial charge in [-0.2, -0.15) is 0 Å². The smallest absolute Gasteiger partial charge is 0.317 e. The van der Waals surface area contributed by atoms with E-state index in [1.165, 1.54) is 14.2 Å². The van der Waals surface area contributed by atoms with Crippen molar-refractivity contribution in [3.63, 3.8) is 0 Å². The van der Waals surface area contributed by atoms with Gasteiger partial charge in [0.15, 0.2) is 0 Å². The van der Waals surface area contributed by atoms with Gasteiger partial charge in [0.05, 0.1) is 20.6 Å². The predicted octanol–water partition coefficient (Wildman–Crippen LogP) is 1.54. The zero-order chi connectivity index (χ0) is 10.8. The fourth-order valence-electron chi connectivity index (χ4n) is 1.37. The van der Waals surface area contributed by atoms with Crippen LogP contribution in [-0.2, 0) is 14.3 Å². The summed E-state index contributed by atoms with van der Waals surface area (Å²) in [6, 6.07) is 0. The molecule has 0 unspecified atom stereocenters.